The number of halogens is 5. The van der Waals surface area contributed by atoms with E-state index < -0.39 is 40.3 Å². The van der Waals surface area contributed by atoms with E-state index in [2.05, 4.69) is 9.72 Å². The standard InChI is InChI=1S/C8H5F5N2O3/c1-18-5-3(7(9)10)2-4(15(16)17)14-6(5)8(11,12)13/h2,7H,1H3. The number of nitro groups is 1. The number of methoxy groups -OCH3 is 1. The molecule has 0 aliphatic carbocycles. The lowest BCUT2D eigenvalue weighted by Crippen LogP contribution is -2.13. The van der Waals surface area contributed by atoms with Gasteiger partial charge >= 0.3 is 12.0 Å². The highest BCUT2D eigenvalue weighted by Gasteiger charge is 2.44. The first-order valence-electron chi connectivity index (χ1n) is 4.27. The van der Waals surface area contributed by atoms with Gasteiger partial charge in [-0.15, -0.1) is 0 Å². The molecule has 0 atom stereocenters. The second-order valence-corrected chi connectivity index (χ2v) is 3.01. The van der Waals surface area contributed by atoms with Crippen LogP contribution >= 0.6 is 0 Å². The SMILES string of the molecule is COc1c(C(F)F)cc([N+](=O)[O-])nc1C(F)(F)F. The molecule has 1 rings (SSSR count). The maximum Gasteiger partial charge on any atom is 0.461 e. The number of nitrogens with zero attached hydrogens (tertiary/aromatic N) is 2. The first-order valence-corrected chi connectivity index (χ1v) is 4.27. The van der Waals surface area contributed by atoms with E-state index in [9.17, 15) is 32.1 Å². The highest BCUT2D eigenvalue weighted by Crippen LogP contribution is 2.41. The van der Waals surface area contributed by atoms with E-state index in [0.29, 0.717) is 0 Å². The van der Waals surface area contributed by atoms with Gasteiger partial charge in [-0.3, -0.25) is 0 Å². The van der Waals surface area contributed by atoms with Crippen LogP contribution in [-0.2, 0) is 6.18 Å². The summed E-state index contributed by atoms with van der Waals surface area (Å²) >= 11 is 0. The zero-order valence-electron chi connectivity index (χ0n) is 8.66. The van der Waals surface area contributed by atoms with Crippen molar-refractivity contribution in [2.75, 3.05) is 7.11 Å². The van der Waals surface area contributed by atoms with Crippen LogP contribution in [-0.4, -0.2) is 17.0 Å². The van der Waals surface area contributed by atoms with E-state index in [0.717, 1.165) is 7.11 Å². The second kappa shape index (κ2) is 4.70. The summed E-state index contributed by atoms with van der Waals surface area (Å²) in [4.78, 5) is 11.7. The number of hydrogen-bond donors (Lipinski definition) is 0. The Bertz CT molecular complexity index is 475. The van der Waals surface area contributed by atoms with Gasteiger partial charge < -0.3 is 14.9 Å². The van der Waals surface area contributed by atoms with E-state index in [1.165, 1.54) is 0 Å². The Hall–Kier alpha value is -2.00. The minimum atomic E-state index is -5.14. The second-order valence-electron chi connectivity index (χ2n) is 3.01. The smallest absolute Gasteiger partial charge is 0.461 e. The first kappa shape index (κ1) is 14.1. The largest absolute Gasteiger partial charge is 0.492 e. The molecule has 1 aromatic rings. The highest BCUT2D eigenvalue weighted by atomic mass is 19.4. The van der Waals surface area contributed by atoms with Gasteiger partial charge in [0.2, 0.25) is 0 Å². The lowest BCUT2D eigenvalue weighted by atomic mass is 10.2. The normalized spacial score (nSPS) is 11.7. The van der Waals surface area contributed by atoms with Gasteiger partial charge in [-0.05, 0) is 9.91 Å². The van der Waals surface area contributed by atoms with Crippen molar-refractivity contribution in [1.82, 2.24) is 4.98 Å². The van der Waals surface area contributed by atoms with Crippen molar-refractivity contribution in [3.05, 3.63) is 27.4 Å². The summed E-state index contributed by atoms with van der Waals surface area (Å²) in [5, 5.41) is 10.3. The third-order valence-electron chi connectivity index (χ3n) is 1.88. The Morgan fingerprint density at radius 1 is 1.44 bits per heavy atom. The molecule has 0 aromatic carbocycles. The Balaban J connectivity index is 3.62. The maximum atomic E-state index is 12.5. The van der Waals surface area contributed by atoms with Crippen molar-refractivity contribution in [3.8, 4) is 5.75 Å². The van der Waals surface area contributed by atoms with Gasteiger partial charge in [0.05, 0.1) is 12.7 Å². The minimum Gasteiger partial charge on any atom is -0.492 e. The molecule has 0 saturated heterocycles. The predicted octanol–water partition coefficient (Wildman–Crippen LogP) is 2.95. The lowest BCUT2D eigenvalue weighted by Gasteiger charge is -2.11. The molecular formula is C8H5F5N2O3. The molecule has 0 unspecified atom stereocenters. The average Bonchev–Trinajstić information content (AvgIpc) is 2.25. The molecule has 0 aliphatic heterocycles. The molecule has 0 fully saturated rings. The summed E-state index contributed by atoms with van der Waals surface area (Å²) in [7, 11) is 0.740. The Kier molecular flexibility index (Phi) is 3.67. The van der Waals surface area contributed by atoms with Gasteiger partial charge in [-0.25, -0.2) is 8.78 Å². The first-order chi connectivity index (χ1) is 8.18. The number of rotatable bonds is 3. The molecule has 0 saturated carbocycles. The molecule has 0 radical (unpaired) electrons. The molecule has 5 nitrogen and oxygen atoms in total. The molecule has 0 aliphatic rings. The van der Waals surface area contributed by atoms with Crippen molar-refractivity contribution < 1.29 is 31.6 Å². The predicted molar refractivity (Wildman–Crippen MR) is 47.4 cm³/mol. The molecule has 100 valence electrons. The fraction of sp³-hybridized carbons (Fsp3) is 0.375. The molecule has 0 spiro atoms. The number of hydrogen-bond acceptors (Lipinski definition) is 4. The van der Waals surface area contributed by atoms with E-state index in [-0.39, 0.29) is 6.07 Å². The number of ether oxygens (including phenoxy) is 1. The van der Waals surface area contributed by atoms with Crippen LogP contribution in [0.25, 0.3) is 0 Å². The zero-order valence-corrected chi connectivity index (χ0v) is 8.66. The van der Waals surface area contributed by atoms with Crippen LogP contribution < -0.4 is 4.74 Å². The van der Waals surface area contributed by atoms with Crippen molar-refractivity contribution in [3.63, 3.8) is 0 Å². The van der Waals surface area contributed by atoms with Crippen molar-refractivity contribution in [1.29, 1.82) is 0 Å². The fourth-order valence-corrected chi connectivity index (χ4v) is 1.20. The molecule has 1 aromatic heterocycles. The van der Waals surface area contributed by atoms with Gasteiger partial charge in [-0.1, -0.05) is 0 Å². The van der Waals surface area contributed by atoms with Gasteiger partial charge in [0.15, 0.2) is 5.75 Å². The van der Waals surface area contributed by atoms with Crippen LogP contribution in [0.1, 0.15) is 17.7 Å². The molecule has 1 heterocycles. The maximum absolute atomic E-state index is 12.5. The fourth-order valence-electron chi connectivity index (χ4n) is 1.20. The number of aromatic nitrogens is 1. The van der Waals surface area contributed by atoms with E-state index >= 15 is 0 Å². The van der Waals surface area contributed by atoms with Gasteiger partial charge in [-0.2, -0.15) is 13.2 Å². The van der Waals surface area contributed by atoms with E-state index in [1.54, 1.807) is 0 Å². The molecule has 18 heavy (non-hydrogen) atoms. The van der Waals surface area contributed by atoms with E-state index in [1.807, 2.05) is 0 Å². The Morgan fingerprint density at radius 2 is 2.00 bits per heavy atom. The van der Waals surface area contributed by atoms with Gasteiger partial charge in [0.1, 0.15) is 0 Å². The molecule has 0 bridgehead atoms. The minimum absolute atomic E-state index is 0.249. The van der Waals surface area contributed by atoms with Crippen molar-refractivity contribution in [2.45, 2.75) is 12.6 Å². The van der Waals surface area contributed by atoms with Crippen LogP contribution in [0, 0.1) is 10.1 Å². The van der Waals surface area contributed by atoms with Crippen LogP contribution in [0.5, 0.6) is 5.75 Å². The topological polar surface area (TPSA) is 65.3 Å². The molecule has 10 heteroatoms. The summed E-state index contributed by atoms with van der Waals surface area (Å²) in [6, 6.07) is 0.249. The van der Waals surface area contributed by atoms with Crippen LogP contribution in [0.4, 0.5) is 27.8 Å². The quantitative estimate of drug-likeness (QED) is 0.482. The molecule has 0 N–H and O–H groups in total. The summed E-state index contributed by atoms with van der Waals surface area (Å²) < 4.78 is 66.8. The summed E-state index contributed by atoms with van der Waals surface area (Å²) in [5.74, 6) is -2.54. The van der Waals surface area contributed by atoms with Gasteiger partial charge in [0, 0.05) is 6.07 Å². The molecular weight excluding hydrogens is 267 g/mol. The molecule has 0 amide bonds. The van der Waals surface area contributed by atoms with Crippen LogP contribution in [0.15, 0.2) is 6.07 Å². The average molecular weight is 272 g/mol. The third-order valence-corrected chi connectivity index (χ3v) is 1.88. The number of alkyl halides is 5. The Morgan fingerprint density at radius 3 is 2.33 bits per heavy atom. The Labute approximate surface area is 96.3 Å². The summed E-state index contributed by atoms with van der Waals surface area (Å²) in [5.41, 5.74) is -3.08. The van der Waals surface area contributed by atoms with E-state index in [4.69, 9.17) is 0 Å². The van der Waals surface area contributed by atoms with Crippen molar-refractivity contribution in [2.24, 2.45) is 0 Å². The monoisotopic (exact) mass is 272 g/mol. The summed E-state index contributed by atoms with van der Waals surface area (Å²) in [6.07, 6.45) is -8.50. The summed E-state index contributed by atoms with van der Waals surface area (Å²) in [6.45, 7) is 0. The van der Waals surface area contributed by atoms with Crippen LogP contribution in [0.3, 0.4) is 0 Å². The lowest BCUT2D eigenvalue weighted by molar-refractivity contribution is -0.390. The van der Waals surface area contributed by atoms with Crippen molar-refractivity contribution >= 4 is 5.82 Å². The number of pyridine rings is 1. The van der Waals surface area contributed by atoms with Crippen LogP contribution in [0.2, 0.25) is 0 Å². The van der Waals surface area contributed by atoms with Gasteiger partial charge in [0.25, 0.3) is 12.1 Å². The highest BCUT2D eigenvalue weighted by molar-refractivity contribution is 5.45. The zero-order chi connectivity index (χ0) is 14.1. The third kappa shape index (κ3) is 2.63.